The van der Waals surface area contributed by atoms with E-state index in [4.69, 9.17) is 10.5 Å². The maximum absolute atomic E-state index is 12.1. The van der Waals surface area contributed by atoms with Crippen molar-refractivity contribution in [2.75, 3.05) is 19.8 Å². The third-order valence-corrected chi connectivity index (χ3v) is 4.12. The van der Waals surface area contributed by atoms with Crippen LogP contribution < -0.4 is 11.1 Å². The molecule has 3 unspecified atom stereocenters. The van der Waals surface area contributed by atoms with Crippen molar-refractivity contribution in [1.82, 2.24) is 5.32 Å². The van der Waals surface area contributed by atoms with Crippen LogP contribution in [0.25, 0.3) is 0 Å². The molecule has 16 heavy (non-hydrogen) atoms. The highest BCUT2D eigenvalue weighted by molar-refractivity contribution is 5.83. The van der Waals surface area contributed by atoms with Crippen LogP contribution in [0.1, 0.15) is 32.6 Å². The average Bonchev–Trinajstić information content (AvgIpc) is 2.87. The number of rotatable bonds is 3. The molecule has 4 nitrogen and oxygen atoms in total. The molecule has 2 fully saturated rings. The fourth-order valence-corrected chi connectivity index (χ4v) is 2.66. The molecule has 1 saturated heterocycles. The SMILES string of the molecule is CC1(C(=O)NCC2CCOC2)CCCC1N. The van der Waals surface area contributed by atoms with Crippen LogP contribution in [-0.4, -0.2) is 31.7 Å². The third kappa shape index (κ3) is 2.23. The molecule has 0 radical (unpaired) electrons. The van der Waals surface area contributed by atoms with E-state index in [-0.39, 0.29) is 17.4 Å². The molecular formula is C12H22N2O2. The van der Waals surface area contributed by atoms with Crippen LogP contribution in [-0.2, 0) is 9.53 Å². The average molecular weight is 226 g/mol. The Morgan fingerprint density at radius 2 is 2.38 bits per heavy atom. The van der Waals surface area contributed by atoms with Crippen molar-refractivity contribution < 1.29 is 9.53 Å². The fraction of sp³-hybridized carbons (Fsp3) is 0.917. The molecule has 1 aliphatic heterocycles. The molecular weight excluding hydrogens is 204 g/mol. The van der Waals surface area contributed by atoms with Gasteiger partial charge in [0.15, 0.2) is 0 Å². The van der Waals surface area contributed by atoms with Crippen LogP contribution in [0.15, 0.2) is 0 Å². The molecule has 4 heteroatoms. The normalized spacial score (nSPS) is 38.9. The lowest BCUT2D eigenvalue weighted by Crippen LogP contribution is -2.48. The second-order valence-corrected chi connectivity index (χ2v) is 5.36. The summed E-state index contributed by atoms with van der Waals surface area (Å²) < 4.78 is 5.29. The molecule has 0 aromatic carbocycles. The van der Waals surface area contributed by atoms with E-state index in [1.807, 2.05) is 6.92 Å². The highest BCUT2D eigenvalue weighted by Crippen LogP contribution is 2.36. The quantitative estimate of drug-likeness (QED) is 0.743. The molecule has 0 bridgehead atoms. The van der Waals surface area contributed by atoms with E-state index in [0.29, 0.717) is 5.92 Å². The van der Waals surface area contributed by atoms with Crippen molar-refractivity contribution >= 4 is 5.91 Å². The minimum Gasteiger partial charge on any atom is -0.381 e. The predicted octanol–water partition coefficient (Wildman–Crippen LogP) is 0.657. The topological polar surface area (TPSA) is 64.3 Å². The second-order valence-electron chi connectivity index (χ2n) is 5.36. The van der Waals surface area contributed by atoms with Gasteiger partial charge in [0.1, 0.15) is 0 Å². The highest BCUT2D eigenvalue weighted by atomic mass is 16.5. The van der Waals surface area contributed by atoms with Crippen molar-refractivity contribution in [3.05, 3.63) is 0 Å². The molecule has 3 atom stereocenters. The van der Waals surface area contributed by atoms with Gasteiger partial charge in [0.2, 0.25) is 5.91 Å². The Labute approximate surface area is 96.9 Å². The monoisotopic (exact) mass is 226 g/mol. The number of ether oxygens (including phenoxy) is 1. The number of hydrogen-bond acceptors (Lipinski definition) is 3. The number of nitrogens with one attached hydrogen (secondary N) is 1. The van der Waals surface area contributed by atoms with Crippen LogP contribution in [0.2, 0.25) is 0 Å². The molecule has 2 rings (SSSR count). The van der Waals surface area contributed by atoms with Crippen molar-refractivity contribution in [1.29, 1.82) is 0 Å². The number of carbonyl (C=O) groups is 1. The van der Waals surface area contributed by atoms with Crippen molar-refractivity contribution in [2.24, 2.45) is 17.1 Å². The van der Waals surface area contributed by atoms with Gasteiger partial charge in [-0.05, 0) is 26.2 Å². The molecule has 1 heterocycles. The van der Waals surface area contributed by atoms with Gasteiger partial charge in [0.25, 0.3) is 0 Å². The first-order valence-corrected chi connectivity index (χ1v) is 6.24. The Morgan fingerprint density at radius 3 is 2.94 bits per heavy atom. The Hall–Kier alpha value is -0.610. The molecule has 1 amide bonds. The Kier molecular flexibility index (Phi) is 3.50. The highest BCUT2D eigenvalue weighted by Gasteiger charge is 2.42. The molecule has 2 aliphatic rings. The Balaban J connectivity index is 1.82. The van der Waals surface area contributed by atoms with Gasteiger partial charge in [0, 0.05) is 25.1 Å². The smallest absolute Gasteiger partial charge is 0.227 e. The summed E-state index contributed by atoms with van der Waals surface area (Å²) in [7, 11) is 0. The molecule has 0 aromatic heterocycles. The summed E-state index contributed by atoms with van der Waals surface area (Å²) >= 11 is 0. The summed E-state index contributed by atoms with van der Waals surface area (Å²) in [5.41, 5.74) is 5.66. The fourth-order valence-electron chi connectivity index (χ4n) is 2.66. The van der Waals surface area contributed by atoms with Gasteiger partial charge in [0.05, 0.1) is 12.0 Å². The molecule has 92 valence electrons. The van der Waals surface area contributed by atoms with Crippen molar-refractivity contribution in [3.63, 3.8) is 0 Å². The van der Waals surface area contributed by atoms with Crippen LogP contribution >= 0.6 is 0 Å². The summed E-state index contributed by atoms with van der Waals surface area (Å²) in [4.78, 5) is 12.1. The van der Waals surface area contributed by atoms with E-state index in [0.717, 1.165) is 45.4 Å². The van der Waals surface area contributed by atoms with Gasteiger partial charge >= 0.3 is 0 Å². The van der Waals surface area contributed by atoms with E-state index in [1.165, 1.54) is 0 Å². The summed E-state index contributed by atoms with van der Waals surface area (Å²) in [6.45, 7) is 4.34. The number of carbonyl (C=O) groups excluding carboxylic acids is 1. The maximum atomic E-state index is 12.1. The first-order chi connectivity index (χ1) is 7.63. The van der Waals surface area contributed by atoms with Crippen molar-refractivity contribution in [3.8, 4) is 0 Å². The van der Waals surface area contributed by atoms with Gasteiger partial charge in [-0.3, -0.25) is 4.79 Å². The van der Waals surface area contributed by atoms with Gasteiger partial charge in [-0.2, -0.15) is 0 Å². The molecule has 0 spiro atoms. The molecule has 1 saturated carbocycles. The second kappa shape index (κ2) is 4.72. The van der Waals surface area contributed by atoms with Crippen LogP contribution in [0.3, 0.4) is 0 Å². The summed E-state index contributed by atoms with van der Waals surface area (Å²) in [6.07, 6.45) is 4.01. The molecule has 0 aromatic rings. The standard InChI is InChI=1S/C12H22N2O2/c1-12(5-2-3-10(12)13)11(15)14-7-9-4-6-16-8-9/h9-10H,2-8,13H2,1H3,(H,14,15). The lowest BCUT2D eigenvalue weighted by molar-refractivity contribution is -0.130. The van der Waals surface area contributed by atoms with E-state index in [2.05, 4.69) is 5.32 Å². The van der Waals surface area contributed by atoms with Crippen molar-refractivity contribution in [2.45, 2.75) is 38.6 Å². The van der Waals surface area contributed by atoms with Crippen LogP contribution in [0.4, 0.5) is 0 Å². The largest absolute Gasteiger partial charge is 0.381 e. The molecule has 3 N–H and O–H groups in total. The van der Waals surface area contributed by atoms with Gasteiger partial charge in [-0.15, -0.1) is 0 Å². The summed E-state index contributed by atoms with van der Waals surface area (Å²) in [5.74, 6) is 0.620. The summed E-state index contributed by atoms with van der Waals surface area (Å²) in [6, 6.07) is 0.0207. The zero-order valence-electron chi connectivity index (χ0n) is 10.00. The van der Waals surface area contributed by atoms with E-state index in [1.54, 1.807) is 0 Å². The van der Waals surface area contributed by atoms with E-state index >= 15 is 0 Å². The lowest BCUT2D eigenvalue weighted by Gasteiger charge is -2.28. The van der Waals surface area contributed by atoms with Gasteiger partial charge in [-0.1, -0.05) is 6.42 Å². The van der Waals surface area contributed by atoms with Gasteiger partial charge in [-0.25, -0.2) is 0 Å². The number of nitrogens with two attached hydrogens (primary N) is 1. The van der Waals surface area contributed by atoms with Crippen LogP contribution in [0.5, 0.6) is 0 Å². The first-order valence-electron chi connectivity index (χ1n) is 6.24. The minimum atomic E-state index is -0.348. The zero-order chi connectivity index (χ0) is 11.6. The number of amides is 1. The van der Waals surface area contributed by atoms with E-state index in [9.17, 15) is 4.79 Å². The summed E-state index contributed by atoms with van der Waals surface area (Å²) in [5, 5.41) is 3.04. The third-order valence-electron chi connectivity index (χ3n) is 4.12. The predicted molar refractivity (Wildman–Crippen MR) is 61.9 cm³/mol. The maximum Gasteiger partial charge on any atom is 0.227 e. The zero-order valence-corrected chi connectivity index (χ0v) is 10.00. The lowest BCUT2D eigenvalue weighted by atomic mass is 9.84. The van der Waals surface area contributed by atoms with Gasteiger partial charge < -0.3 is 15.8 Å². The number of hydrogen-bond donors (Lipinski definition) is 2. The van der Waals surface area contributed by atoms with E-state index < -0.39 is 0 Å². The Bertz CT molecular complexity index is 264. The Morgan fingerprint density at radius 1 is 1.56 bits per heavy atom. The van der Waals surface area contributed by atoms with Crippen LogP contribution in [0, 0.1) is 11.3 Å². The minimum absolute atomic E-state index is 0.0207. The molecule has 1 aliphatic carbocycles. The first kappa shape index (κ1) is 11.9.